The highest BCUT2D eigenvalue weighted by molar-refractivity contribution is 6.47. The zero-order valence-electron chi connectivity index (χ0n) is 16.5. The van der Waals surface area contributed by atoms with E-state index in [0.29, 0.717) is 17.2 Å². The molecule has 2 aromatic carbocycles. The van der Waals surface area contributed by atoms with Crippen LogP contribution in [0.3, 0.4) is 0 Å². The van der Waals surface area contributed by atoms with Crippen molar-refractivity contribution in [1.82, 2.24) is 4.90 Å². The average molecular weight is 381 g/mol. The van der Waals surface area contributed by atoms with Crippen LogP contribution in [-0.2, 0) is 9.59 Å². The highest BCUT2D eigenvalue weighted by atomic mass is 19.1. The third-order valence-corrected chi connectivity index (χ3v) is 4.75. The molecule has 1 aliphatic heterocycles. The molecule has 0 saturated heterocycles. The number of benzene rings is 2. The summed E-state index contributed by atoms with van der Waals surface area (Å²) >= 11 is 0. The largest absolute Gasteiger partial charge is 0.325 e. The van der Waals surface area contributed by atoms with Gasteiger partial charge in [-0.15, -0.1) is 0 Å². The van der Waals surface area contributed by atoms with E-state index in [2.05, 4.69) is 24.2 Å². The zero-order valence-corrected chi connectivity index (χ0v) is 16.5. The van der Waals surface area contributed by atoms with E-state index < -0.39 is 5.66 Å². The fourth-order valence-corrected chi connectivity index (χ4v) is 3.14. The Bertz CT molecular complexity index is 933. The lowest BCUT2D eigenvalue weighted by molar-refractivity contribution is -0.131. The molecule has 0 saturated carbocycles. The Morgan fingerprint density at radius 1 is 1.18 bits per heavy atom. The molecule has 2 amide bonds. The summed E-state index contributed by atoms with van der Waals surface area (Å²) in [6.45, 7) is 7.59. The lowest BCUT2D eigenvalue weighted by Crippen LogP contribution is -2.46. The van der Waals surface area contributed by atoms with E-state index in [1.165, 1.54) is 29.2 Å². The molecule has 1 heterocycles. The summed E-state index contributed by atoms with van der Waals surface area (Å²) in [5.41, 5.74) is 1.72. The second-order valence-corrected chi connectivity index (χ2v) is 7.68. The Morgan fingerprint density at radius 3 is 2.50 bits per heavy atom. The van der Waals surface area contributed by atoms with Gasteiger partial charge in [-0.1, -0.05) is 26.0 Å². The van der Waals surface area contributed by atoms with Gasteiger partial charge in [-0.25, -0.2) is 4.39 Å². The topological polar surface area (TPSA) is 61.8 Å². The summed E-state index contributed by atoms with van der Waals surface area (Å²) in [5, 5.41) is 2.85. The van der Waals surface area contributed by atoms with Crippen LogP contribution in [0.2, 0.25) is 0 Å². The predicted molar refractivity (Wildman–Crippen MR) is 108 cm³/mol. The molecular formula is C22H24FN3O2. The molecule has 5 nitrogen and oxygen atoms in total. The molecule has 1 aliphatic rings. The molecule has 0 spiro atoms. The standard InChI is InChI=1S/C22H24FN3O2/c1-14(2)16-6-5-7-18(12-16)24-19(27)13-26-21(28)20(25-22(26,3)4)15-8-10-17(23)11-9-15/h5-12,14H,13H2,1-4H3,(H,24,27). The zero-order chi connectivity index (χ0) is 20.5. The van der Waals surface area contributed by atoms with Crippen LogP contribution in [0.25, 0.3) is 0 Å². The monoisotopic (exact) mass is 381 g/mol. The van der Waals surface area contributed by atoms with Crippen LogP contribution in [0.1, 0.15) is 44.7 Å². The number of nitrogens with one attached hydrogen (secondary N) is 1. The Labute approximate surface area is 164 Å². The van der Waals surface area contributed by atoms with Crippen molar-refractivity contribution in [3.05, 3.63) is 65.5 Å². The van der Waals surface area contributed by atoms with Gasteiger partial charge in [0.1, 0.15) is 23.7 Å². The summed E-state index contributed by atoms with van der Waals surface area (Å²) in [6.07, 6.45) is 0. The molecule has 0 radical (unpaired) electrons. The van der Waals surface area contributed by atoms with Crippen molar-refractivity contribution in [3.8, 4) is 0 Å². The van der Waals surface area contributed by atoms with Crippen molar-refractivity contribution in [1.29, 1.82) is 0 Å². The summed E-state index contributed by atoms with van der Waals surface area (Å²) in [5.74, 6) is -0.669. The molecule has 0 unspecified atom stereocenters. The highest BCUT2D eigenvalue weighted by Gasteiger charge is 2.41. The molecular weight excluding hydrogens is 357 g/mol. The van der Waals surface area contributed by atoms with Crippen molar-refractivity contribution in [3.63, 3.8) is 0 Å². The van der Waals surface area contributed by atoms with Crippen LogP contribution in [0.4, 0.5) is 10.1 Å². The molecule has 0 aromatic heterocycles. The van der Waals surface area contributed by atoms with Gasteiger partial charge in [0, 0.05) is 11.3 Å². The molecule has 28 heavy (non-hydrogen) atoms. The minimum atomic E-state index is -0.863. The average Bonchev–Trinajstić information content (AvgIpc) is 2.86. The third-order valence-electron chi connectivity index (χ3n) is 4.75. The number of anilines is 1. The van der Waals surface area contributed by atoms with Crippen molar-refractivity contribution in [2.45, 2.75) is 39.3 Å². The fraction of sp³-hybridized carbons (Fsp3) is 0.318. The molecule has 2 aromatic rings. The SMILES string of the molecule is CC(C)c1cccc(NC(=O)CN2C(=O)C(c3ccc(F)cc3)=NC2(C)C)c1. The molecule has 0 atom stereocenters. The van der Waals surface area contributed by atoms with E-state index in [9.17, 15) is 14.0 Å². The molecule has 0 aliphatic carbocycles. The Balaban J connectivity index is 1.73. The second kappa shape index (κ2) is 7.54. The van der Waals surface area contributed by atoms with Gasteiger partial charge in [0.2, 0.25) is 5.91 Å². The summed E-state index contributed by atoms with van der Waals surface area (Å²) in [7, 11) is 0. The number of amides is 2. The maximum absolute atomic E-state index is 13.2. The van der Waals surface area contributed by atoms with Crippen molar-refractivity contribution >= 4 is 23.2 Å². The molecule has 6 heteroatoms. The maximum atomic E-state index is 13.2. The minimum Gasteiger partial charge on any atom is -0.325 e. The Kier molecular flexibility index (Phi) is 5.31. The fourth-order valence-electron chi connectivity index (χ4n) is 3.14. The number of hydrogen-bond donors (Lipinski definition) is 1. The van der Waals surface area contributed by atoms with Gasteiger partial charge in [-0.3, -0.25) is 14.6 Å². The second-order valence-electron chi connectivity index (χ2n) is 7.68. The first-order valence-electron chi connectivity index (χ1n) is 9.25. The van der Waals surface area contributed by atoms with Gasteiger partial charge in [0.25, 0.3) is 5.91 Å². The number of carbonyl (C=O) groups excluding carboxylic acids is 2. The Hall–Kier alpha value is -3.02. The lowest BCUT2D eigenvalue weighted by atomic mass is 10.0. The van der Waals surface area contributed by atoms with Gasteiger partial charge < -0.3 is 10.2 Å². The number of carbonyl (C=O) groups is 2. The van der Waals surface area contributed by atoms with E-state index in [-0.39, 0.29) is 29.9 Å². The smallest absolute Gasteiger partial charge is 0.275 e. The summed E-state index contributed by atoms with van der Waals surface area (Å²) < 4.78 is 13.2. The predicted octanol–water partition coefficient (Wildman–Crippen LogP) is 3.96. The summed E-state index contributed by atoms with van der Waals surface area (Å²) in [6, 6.07) is 13.3. The first-order valence-corrected chi connectivity index (χ1v) is 9.25. The van der Waals surface area contributed by atoms with Gasteiger partial charge >= 0.3 is 0 Å². The van der Waals surface area contributed by atoms with Gasteiger partial charge in [0.05, 0.1) is 0 Å². The van der Waals surface area contributed by atoms with Crippen LogP contribution < -0.4 is 5.32 Å². The first-order chi connectivity index (χ1) is 13.2. The number of nitrogens with zero attached hydrogens (tertiary/aromatic N) is 2. The number of halogens is 1. The van der Waals surface area contributed by atoms with Gasteiger partial charge in [0.15, 0.2) is 0 Å². The number of rotatable bonds is 5. The number of aliphatic imine (C=N–C) groups is 1. The van der Waals surface area contributed by atoms with Crippen molar-refractivity contribution < 1.29 is 14.0 Å². The Morgan fingerprint density at radius 2 is 1.86 bits per heavy atom. The van der Waals surface area contributed by atoms with E-state index in [1.807, 2.05) is 24.3 Å². The van der Waals surface area contributed by atoms with Crippen LogP contribution in [-0.4, -0.2) is 34.6 Å². The van der Waals surface area contributed by atoms with E-state index >= 15 is 0 Å². The normalized spacial score (nSPS) is 15.7. The quantitative estimate of drug-likeness (QED) is 0.852. The van der Waals surface area contributed by atoms with Gasteiger partial charge in [-0.2, -0.15) is 0 Å². The van der Waals surface area contributed by atoms with E-state index in [4.69, 9.17) is 0 Å². The van der Waals surface area contributed by atoms with Crippen LogP contribution >= 0.6 is 0 Å². The lowest BCUT2D eigenvalue weighted by Gasteiger charge is -2.28. The molecule has 146 valence electrons. The van der Waals surface area contributed by atoms with Crippen molar-refractivity contribution in [2.75, 3.05) is 11.9 Å². The van der Waals surface area contributed by atoms with Crippen LogP contribution in [0.15, 0.2) is 53.5 Å². The highest BCUT2D eigenvalue weighted by Crippen LogP contribution is 2.26. The number of hydrogen-bond acceptors (Lipinski definition) is 3. The third kappa shape index (κ3) is 4.11. The summed E-state index contributed by atoms with van der Waals surface area (Å²) in [4.78, 5) is 31.3. The van der Waals surface area contributed by atoms with E-state index in [0.717, 1.165) is 5.56 Å². The van der Waals surface area contributed by atoms with Crippen molar-refractivity contribution in [2.24, 2.45) is 4.99 Å². The minimum absolute atomic E-state index is 0.119. The molecule has 3 rings (SSSR count). The van der Waals surface area contributed by atoms with Crippen LogP contribution in [0, 0.1) is 5.82 Å². The molecule has 1 N–H and O–H groups in total. The maximum Gasteiger partial charge on any atom is 0.275 e. The van der Waals surface area contributed by atoms with E-state index in [1.54, 1.807) is 13.8 Å². The molecule has 0 fully saturated rings. The molecule has 0 bridgehead atoms. The van der Waals surface area contributed by atoms with Gasteiger partial charge in [-0.05, 0) is 61.7 Å². The van der Waals surface area contributed by atoms with Crippen LogP contribution in [0.5, 0.6) is 0 Å². The first kappa shape index (κ1) is 19.7.